The highest BCUT2D eigenvalue weighted by molar-refractivity contribution is 5.87. The topological polar surface area (TPSA) is 81.9 Å². The van der Waals surface area contributed by atoms with E-state index in [1.807, 2.05) is 0 Å². The molecule has 0 radical (unpaired) electrons. The standard InChI is InChI=1S/C8H14N2O4/c1-13-5-7(11)10-2-3-14-4-6(10)8(9)12/h6H,2-5H2,1H3,(H2,9,12). The van der Waals surface area contributed by atoms with Crippen molar-refractivity contribution in [2.75, 3.05) is 33.5 Å². The minimum Gasteiger partial charge on any atom is -0.377 e. The van der Waals surface area contributed by atoms with Crippen molar-refractivity contribution in [3.63, 3.8) is 0 Å². The second-order valence-corrected chi connectivity index (χ2v) is 3.01. The van der Waals surface area contributed by atoms with Crippen molar-refractivity contribution in [1.82, 2.24) is 4.90 Å². The van der Waals surface area contributed by atoms with Crippen LogP contribution in [0.15, 0.2) is 0 Å². The number of amides is 2. The highest BCUT2D eigenvalue weighted by Gasteiger charge is 2.30. The summed E-state index contributed by atoms with van der Waals surface area (Å²) in [7, 11) is 1.43. The normalized spacial score (nSPS) is 22.1. The number of nitrogens with zero attached hydrogens (tertiary/aromatic N) is 1. The van der Waals surface area contributed by atoms with Gasteiger partial charge >= 0.3 is 0 Å². The van der Waals surface area contributed by atoms with Crippen LogP contribution in [0.5, 0.6) is 0 Å². The molecule has 1 aliphatic rings. The molecule has 2 N–H and O–H groups in total. The average molecular weight is 202 g/mol. The monoisotopic (exact) mass is 202 g/mol. The Kier molecular flexibility index (Phi) is 3.84. The van der Waals surface area contributed by atoms with Gasteiger partial charge in [-0.05, 0) is 0 Å². The van der Waals surface area contributed by atoms with E-state index in [1.165, 1.54) is 12.0 Å². The summed E-state index contributed by atoms with van der Waals surface area (Å²) in [4.78, 5) is 23.8. The van der Waals surface area contributed by atoms with Crippen molar-refractivity contribution in [2.24, 2.45) is 5.73 Å². The maximum atomic E-state index is 11.5. The van der Waals surface area contributed by atoms with Gasteiger partial charge in [-0.25, -0.2) is 0 Å². The number of ether oxygens (including phenoxy) is 2. The van der Waals surface area contributed by atoms with Crippen molar-refractivity contribution in [3.8, 4) is 0 Å². The molecule has 0 aliphatic carbocycles. The average Bonchev–Trinajstić information content (AvgIpc) is 2.18. The van der Waals surface area contributed by atoms with Crippen molar-refractivity contribution < 1.29 is 19.1 Å². The third kappa shape index (κ3) is 2.43. The molecule has 14 heavy (non-hydrogen) atoms. The van der Waals surface area contributed by atoms with Crippen LogP contribution in [0.2, 0.25) is 0 Å². The predicted octanol–water partition coefficient (Wildman–Crippen LogP) is -1.65. The molecule has 0 aromatic carbocycles. The molecule has 6 heteroatoms. The number of methoxy groups -OCH3 is 1. The minimum atomic E-state index is -0.661. The zero-order chi connectivity index (χ0) is 10.6. The van der Waals surface area contributed by atoms with Gasteiger partial charge in [0.15, 0.2) is 0 Å². The van der Waals surface area contributed by atoms with Gasteiger partial charge in [0.2, 0.25) is 11.8 Å². The van der Waals surface area contributed by atoms with Gasteiger partial charge in [-0.3, -0.25) is 9.59 Å². The van der Waals surface area contributed by atoms with E-state index in [4.69, 9.17) is 15.2 Å². The van der Waals surface area contributed by atoms with Gasteiger partial charge < -0.3 is 20.1 Å². The summed E-state index contributed by atoms with van der Waals surface area (Å²) in [6.07, 6.45) is 0. The van der Waals surface area contributed by atoms with Gasteiger partial charge in [-0.1, -0.05) is 0 Å². The lowest BCUT2D eigenvalue weighted by Gasteiger charge is -2.33. The zero-order valence-corrected chi connectivity index (χ0v) is 8.06. The van der Waals surface area contributed by atoms with Crippen molar-refractivity contribution >= 4 is 11.8 Å². The first-order valence-corrected chi connectivity index (χ1v) is 4.32. The molecule has 0 spiro atoms. The molecule has 0 aromatic rings. The van der Waals surface area contributed by atoms with Crippen LogP contribution < -0.4 is 5.73 Å². The molecule has 1 rings (SSSR count). The Morgan fingerprint density at radius 1 is 1.64 bits per heavy atom. The molecule has 2 amide bonds. The molecular weight excluding hydrogens is 188 g/mol. The Bertz CT molecular complexity index is 231. The van der Waals surface area contributed by atoms with E-state index in [9.17, 15) is 9.59 Å². The summed E-state index contributed by atoms with van der Waals surface area (Å²) in [5.74, 6) is -0.784. The smallest absolute Gasteiger partial charge is 0.249 e. The van der Waals surface area contributed by atoms with Crippen LogP contribution in [0.3, 0.4) is 0 Å². The first kappa shape index (κ1) is 10.9. The van der Waals surface area contributed by atoms with Gasteiger partial charge in [-0.15, -0.1) is 0 Å². The maximum absolute atomic E-state index is 11.5. The molecule has 0 saturated carbocycles. The molecule has 6 nitrogen and oxygen atoms in total. The highest BCUT2D eigenvalue weighted by atomic mass is 16.5. The van der Waals surface area contributed by atoms with E-state index in [0.29, 0.717) is 13.2 Å². The summed E-state index contributed by atoms with van der Waals surface area (Å²) in [6, 6.07) is -0.661. The lowest BCUT2D eigenvalue weighted by molar-refractivity contribution is -0.149. The maximum Gasteiger partial charge on any atom is 0.249 e. The summed E-state index contributed by atoms with van der Waals surface area (Å²) >= 11 is 0. The van der Waals surface area contributed by atoms with Crippen LogP contribution in [0, 0.1) is 0 Å². The molecular formula is C8H14N2O4. The van der Waals surface area contributed by atoms with Crippen LogP contribution in [0.4, 0.5) is 0 Å². The fourth-order valence-corrected chi connectivity index (χ4v) is 1.34. The van der Waals surface area contributed by atoms with Gasteiger partial charge in [0.05, 0.1) is 13.2 Å². The van der Waals surface area contributed by atoms with E-state index in [1.54, 1.807) is 0 Å². The fraction of sp³-hybridized carbons (Fsp3) is 0.750. The van der Waals surface area contributed by atoms with Gasteiger partial charge in [0, 0.05) is 13.7 Å². The van der Waals surface area contributed by atoms with E-state index in [2.05, 4.69) is 0 Å². The van der Waals surface area contributed by atoms with Crippen LogP contribution in [-0.2, 0) is 19.1 Å². The third-order valence-corrected chi connectivity index (χ3v) is 2.05. The molecule has 1 atom stereocenters. The Morgan fingerprint density at radius 3 is 2.93 bits per heavy atom. The number of primary amides is 1. The van der Waals surface area contributed by atoms with Crippen LogP contribution in [-0.4, -0.2) is 56.2 Å². The summed E-state index contributed by atoms with van der Waals surface area (Å²) in [5.41, 5.74) is 5.14. The highest BCUT2D eigenvalue weighted by Crippen LogP contribution is 2.06. The SMILES string of the molecule is COCC(=O)N1CCOCC1C(N)=O. The van der Waals surface area contributed by atoms with Crippen LogP contribution >= 0.6 is 0 Å². The number of carbonyl (C=O) groups is 2. The van der Waals surface area contributed by atoms with Gasteiger partial charge in [0.25, 0.3) is 0 Å². The molecule has 1 saturated heterocycles. The Morgan fingerprint density at radius 2 is 2.36 bits per heavy atom. The summed E-state index contributed by atoms with van der Waals surface area (Å²) in [5, 5.41) is 0. The van der Waals surface area contributed by atoms with E-state index in [-0.39, 0.29) is 19.1 Å². The summed E-state index contributed by atoms with van der Waals surface area (Å²) in [6.45, 7) is 0.948. The molecule has 1 fully saturated rings. The Labute approximate surface area is 81.9 Å². The molecule has 0 aromatic heterocycles. The first-order valence-electron chi connectivity index (χ1n) is 4.32. The molecule has 1 unspecified atom stereocenters. The van der Waals surface area contributed by atoms with E-state index >= 15 is 0 Å². The van der Waals surface area contributed by atoms with E-state index in [0.717, 1.165) is 0 Å². The largest absolute Gasteiger partial charge is 0.377 e. The second kappa shape index (κ2) is 4.92. The number of hydrogen-bond acceptors (Lipinski definition) is 4. The number of morpholine rings is 1. The van der Waals surface area contributed by atoms with Crippen molar-refractivity contribution in [3.05, 3.63) is 0 Å². The molecule has 1 aliphatic heterocycles. The predicted molar refractivity (Wildman–Crippen MR) is 47.4 cm³/mol. The minimum absolute atomic E-state index is 0.0379. The third-order valence-electron chi connectivity index (χ3n) is 2.05. The lowest BCUT2D eigenvalue weighted by Crippen LogP contribution is -2.55. The second-order valence-electron chi connectivity index (χ2n) is 3.01. The Hall–Kier alpha value is -1.14. The quantitative estimate of drug-likeness (QED) is 0.594. The van der Waals surface area contributed by atoms with Crippen LogP contribution in [0.25, 0.3) is 0 Å². The summed E-state index contributed by atoms with van der Waals surface area (Å²) < 4.78 is 9.77. The molecule has 80 valence electrons. The molecule has 0 bridgehead atoms. The van der Waals surface area contributed by atoms with Crippen molar-refractivity contribution in [1.29, 1.82) is 0 Å². The number of carbonyl (C=O) groups excluding carboxylic acids is 2. The first-order chi connectivity index (χ1) is 6.66. The number of rotatable bonds is 3. The Balaban J connectivity index is 2.62. The number of nitrogens with two attached hydrogens (primary N) is 1. The lowest BCUT2D eigenvalue weighted by atomic mass is 10.2. The fourth-order valence-electron chi connectivity index (χ4n) is 1.34. The number of hydrogen-bond donors (Lipinski definition) is 1. The zero-order valence-electron chi connectivity index (χ0n) is 8.06. The van der Waals surface area contributed by atoms with Crippen LogP contribution in [0.1, 0.15) is 0 Å². The van der Waals surface area contributed by atoms with Gasteiger partial charge in [0.1, 0.15) is 12.6 Å². The molecule has 1 heterocycles. The van der Waals surface area contributed by atoms with E-state index < -0.39 is 11.9 Å². The van der Waals surface area contributed by atoms with Crippen molar-refractivity contribution in [2.45, 2.75) is 6.04 Å². The van der Waals surface area contributed by atoms with Gasteiger partial charge in [-0.2, -0.15) is 0 Å².